The maximum atomic E-state index is 12.6. The molecule has 3 aromatic rings. The van der Waals surface area contributed by atoms with Crippen molar-refractivity contribution < 1.29 is 14.7 Å². The highest BCUT2D eigenvalue weighted by Gasteiger charge is 2.26. The third kappa shape index (κ3) is 3.80. The summed E-state index contributed by atoms with van der Waals surface area (Å²) < 4.78 is 0. The van der Waals surface area contributed by atoms with Crippen molar-refractivity contribution in [1.82, 2.24) is 20.3 Å². The summed E-state index contributed by atoms with van der Waals surface area (Å²) in [5.74, 6) is -0.777. The van der Waals surface area contributed by atoms with Gasteiger partial charge in [0.2, 0.25) is 0 Å². The second-order valence-corrected chi connectivity index (χ2v) is 7.98. The standard InChI is InChI=1S/C20H19Cl2N5O3/c1-10-15(21)16(22)17(24-10)19(28)25-12-3-6-27(7-4-12)18-13-9-23-5-2-11(13)8-14(26-18)20(29)30/h2,5,8-9,12,24H,3-4,6-7H2,1H3,(H,25,28)(H,29,30). The number of hydrogen-bond acceptors (Lipinski definition) is 5. The lowest BCUT2D eigenvalue weighted by molar-refractivity contribution is 0.0690. The third-order valence-electron chi connectivity index (χ3n) is 5.24. The molecule has 1 aliphatic rings. The van der Waals surface area contributed by atoms with Crippen LogP contribution in [0.2, 0.25) is 10.0 Å². The molecule has 3 aromatic heterocycles. The Kier molecular flexibility index (Phi) is 5.53. The molecule has 0 atom stereocenters. The number of nitrogens with zero attached hydrogens (tertiary/aromatic N) is 3. The zero-order valence-corrected chi connectivity index (χ0v) is 17.6. The van der Waals surface area contributed by atoms with Gasteiger partial charge in [0.15, 0.2) is 5.69 Å². The summed E-state index contributed by atoms with van der Waals surface area (Å²) in [6, 6.07) is 3.27. The molecular formula is C20H19Cl2N5O3. The van der Waals surface area contributed by atoms with Crippen molar-refractivity contribution in [1.29, 1.82) is 0 Å². The molecule has 0 bridgehead atoms. The normalized spacial score (nSPS) is 14.8. The number of carboxylic acids is 1. The molecule has 1 fully saturated rings. The maximum absolute atomic E-state index is 12.6. The van der Waals surface area contributed by atoms with Crippen molar-refractivity contribution >= 4 is 51.7 Å². The van der Waals surface area contributed by atoms with Crippen LogP contribution in [-0.4, -0.2) is 51.1 Å². The van der Waals surface area contributed by atoms with Crippen LogP contribution in [0.4, 0.5) is 5.82 Å². The van der Waals surface area contributed by atoms with Gasteiger partial charge in [0.25, 0.3) is 5.91 Å². The summed E-state index contributed by atoms with van der Waals surface area (Å²) >= 11 is 12.2. The molecule has 3 N–H and O–H groups in total. The van der Waals surface area contributed by atoms with Gasteiger partial charge in [0.05, 0.1) is 10.0 Å². The van der Waals surface area contributed by atoms with Crippen LogP contribution in [0.5, 0.6) is 0 Å². The second-order valence-electron chi connectivity index (χ2n) is 7.22. The first-order chi connectivity index (χ1) is 14.3. The van der Waals surface area contributed by atoms with E-state index in [0.717, 1.165) is 10.8 Å². The van der Waals surface area contributed by atoms with Crippen LogP contribution < -0.4 is 10.2 Å². The summed E-state index contributed by atoms with van der Waals surface area (Å²) in [6.07, 6.45) is 4.67. The van der Waals surface area contributed by atoms with Crippen molar-refractivity contribution in [2.45, 2.75) is 25.8 Å². The van der Waals surface area contributed by atoms with E-state index in [2.05, 4.69) is 20.3 Å². The molecule has 1 aliphatic heterocycles. The van der Waals surface area contributed by atoms with Gasteiger partial charge in [-0.15, -0.1) is 0 Å². The lowest BCUT2D eigenvalue weighted by Gasteiger charge is -2.33. The lowest BCUT2D eigenvalue weighted by atomic mass is 10.0. The van der Waals surface area contributed by atoms with E-state index < -0.39 is 5.97 Å². The fourth-order valence-corrected chi connectivity index (χ4v) is 4.06. The SMILES string of the molecule is Cc1[nH]c(C(=O)NC2CCN(c3nc(C(=O)O)cc4ccncc34)CC2)c(Cl)c1Cl. The van der Waals surface area contributed by atoms with Crippen molar-refractivity contribution in [3.8, 4) is 0 Å². The van der Waals surface area contributed by atoms with Gasteiger partial charge in [-0.25, -0.2) is 9.78 Å². The van der Waals surface area contributed by atoms with E-state index in [0.29, 0.717) is 42.5 Å². The molecule has 0 aliphatic carbocycles. The number of pyridine rings is 2. The highest BCUT2D eigenvalue weighted by Crippen LogP contribution is 2.30. The Labute approximate surface area is 182 Å². The highest BCUT2D eigenvalue weighted by molar-refractivity contribution is 6.44. The van der Waals surface area contributed by atoms with E-state index in [9.17, 15) is 14.7 Å². The number of aromatic nitrogens is 3. The van der Waals surface area contributed by atoms with Crippen LogP contribution in [0.1, 0.15) is 39.5 Å². The van der Waals surface area contributed by atoms with Gasteiger partial charge < -0.3 is 20.3 Å². The van der Waals surface area contributed by atoms with Crippen LogP contribution in [-0.2, 0) is 0 Å². The Morgan fingerprint density at radius 1 is 1.27 bits per heavy atom. The number of carbonyl (C=O) groups is 2. The largest absolute Gasteiger partial charge is 0.477 e. The fraction of sp³-hybridized carbons (Fsp3) is 0.300. The molecule has 0 saturated carbocycles. The quantitative estimate of drug-likeness (QED) is 0.562. The van der Waals surface area contributed by atoms with Crippen molar-refractivity contribution in [2.24, 2.45) is 0 Å². The van der Waals surface area contributed by atoms with Gasteiger partial charge >= 0.3 is 5.97 Å². The monoisotopic (exact) mass is 447 g/mol. The molecule has 4 heterocycles. The molecule has 0 radical (unpaired) electrons. The first-order valence-electron chi connectivity index (χ1n) is 9.42. The van der Waals surface area contributed by atoms with E-state index in [1.165, 1.54) is 0 Å². The Balaban J connectivity index is 1.49. The van der Waals surface area contributed by atoms with Gasteiger partial charge in [-0.05, 0) is 37.3 Å². The van der Waals surface area contributed by atoms with Gasteiger partial charge in [-0.3, -0.25) is 9.78 Å². The molecule has 0 unspecified atom stereocenters. The van der Waals surface area contributed by atoms with Gasteiger partial charge in [-0.2, -0.15) is 0 Å². The van der Waals surface area contributed by atoms with E-state index >= 15 is 0 Å². The summed E-state index contributed by atoms with van der Waals surface area (Å²) in [5.41, 5.74) is 0.897. The third-order valence-corrected chi connectivity index (χ3v) is 6.19. The Bertz CT molecular complexity index is 1140. The predicted octanol–water partition coefficient (Wildman–Crippen LogP) is 3.67. The molecule has 8 nitrogen and oxygen atoms in total. The van der Waals surface area contributed by atoms with Crippen LogP contribution in [0, 0.1) is 6.92 Å². The van der Waals surface area contributed by atoms with Crippen molar-refractivity contribution in [2.75, 3.05) is 18.0 Å². The summed E-state index contributed by atoms with van der Waals surface area (Å²) in [6.45, 7) is 2.98. The molecule has 1 amide bonds. The van der Waals surface area contributed by atoms with Crippen molar-refractivity contribution in [3.63, 3.8) is 0 Å². The number of aryl methyl sites for hydroxylation is 1. The maximum Gasteiger partial charge on any atom is 0.354 e. The first-order valence-corrected chi connectivity index (χ1v) is 10.2. The Hall–Kier alpha value is -2.84. The number of H-pyrrole nitrogens is 1. The van der Waals surface area contributed by atoms with Crippen molar-refractivity contribution in [3.05, 3.63) is 51.7 Å². The molecular weight excluding hydrogens is 429 g/mol. The van der Waals surface area contributed by atoms with Gasteiger partial charge in [-0.1, -0.05) is 23.2 Å². The number of hydrogen-bond donors (Lipinski definition) is 3. The number of aromatic amines is 1. The molecule has 156 valence electrons. The fourth-order valence-electron chi connectivity index (χ4n) is 3.64. The number of aromatic carboxylic acids is 1. The van der Waals surface area contributed by atoms with Gasteiger partial charge in [0, 0.05) is 42.6 Å². The number of carboxylic acid groups (broad SMARTS) is 1. The van der Waals surface area contributed by atoms with Crippen LogP contribution in [0.15, 0.2) is 24.5 Å². The minimum absolute atomic E-state index is 0.00670. The number of amides is 1. The number of fused-ring (bicyclic) bond motifs is 1. The summed E-state index contributed by atoms with van der Waals surface area (Å²) in [4.78, 5) is 37.5. The number of piperidine rings is 1. The Morgan fingerprint density at radius 3 is 2.63 bits per heavy atom. The number of halogens is 2. The molecule has 1 saturated heterocycles. The van der Waals surface area contributed by atoms with Crippen LogP contribution >= 0.6 is 23.2 Å². The molecule has 4 rings (SSSR count). The molecule has 0 aromatic carbocycles. The number of nitrogens with one attached hydrogen (secondary N) is 2. The van der Waals surface area contributed by atoms with E-state index in [4.69, 9.17) is 23.2 Å². The topological polar surface area (TPSA) is 111 Å². The number of anilines is 1. The Morgan fingerprint density at radius 2 is 2.00 bits per heavy atom. The summed E-state index contributed by atoms with van der Waals surface area (Å²) in [7, 11) is 0. The highest BCUT2D eigenvalue weighted by atomic mass is 35.5. The first kappa shape index (κ1) is 20.4. The average molecular weight is 448 g/mol. The molecule has 0 spiro atoms. The minimum atomic E-state index is -1.08. The summed E-state index contributed by atoms with van der Waals surface area (Å²) in [5, 5.41) is 14.5. The second kappa shape index (κ2) is 8.12. The smallest absolute Gasteiger partial charge is 0.354 e. The molecule has 10 heteroatoms. The zero-order valence-electron chi connectivity index (χ0n) is 16.1. The lowest BCUT2D eigenvalue weighted by Crippen LogP contribution is -2.45. The molecule has 30 heavy (non-hydrogen) atoms. The predicted molar refractivity (Wildman–Crippen MR) is 115 cm³/mol. The zero-order chi connectivity index (χ0) is 21.4. The average Bonchev–Trinajstić information content (AvgIpc) is 3.01. The van der Waals surface area contributed by atoms with Crippen LogP contribution in [0.25, 0.3) is 10.8 Å². The van der Waals surface area contributed by atoms with E-state index in [-0.39, 0.29) is 28.4 Å². The van der Waals surface area contributed by atoms with E-state index in [1.54, 1.807) is 31.5 Å². The number of carbonyl (C=O) groups excluding carboxylic acids is 1. The van der Waals surface area contributed by atoms with Crippen LogP contribution in [0.3, 0.4) is 0 Å². The van der Waals surface area contributed by atoms with E-state index in [1.807, 2.05) is 4.90 Å². The number of rotatable bonds is 4. The van der Waals surface area contributed by atoms with Gasteiger partial charge in [0.1, 0.15) is 11.5 Å². The minimum Gasteiger partial charge on any atom is -0.477 e.